The van der Waals surface area contributed by atoms with E-state index < -0.39 is 11.7 Å². The number of aryl methyl sites for hydroxylation is 1. The highest BCUT2D eigenvalue weighted by Gasteiger charge is 2.30. The fraction of sp³-hybridized carbons (Fsp3) is 0.381. The number of nitrogens with zero attached hydrogens (tertiary/aromatic N) is 1. The summed E-state index contributed by atoms with van der Waals surface area (Å²) in [6, 6.07) is 8.36. The van der Waals surface area contributed by atoms with Gasteiger partial charge < -0.3 is 19.1 Å². The molecule has 0 atom stereocenters. The van der Waals surface area contributed by atoms with Crippen LogP contribution in [0.25, 0.3) is 0 Å². The minimum atomic E-state index is -4.37. The lowest BCUT2D eigenvalue weighted by Crippen LogP contribution is -2.26. The SMILES string of the molecule is COc1cc(CCC(=O)N(C)Cc2ccc(C(F)(F)F)cc2)cc(OC)c1OC. The summed E-state index contributed by atoms with van der Waals surface area (Å²) in [5, 5.41) is 0. The van der Waals surface area contributed by atoms with Gasteiger partial charge in [0.2, 0.25) is 11.7 Å². The van der Waals surface area contributed by atoms with Crippen LogP contribution in [0.15, 0.2) is 36.4 Å². The van der Waals surface area contributed by atoms with Crippen LogP contribution in [0.3, 0.4) is 0 Å². The van der Waals surface area contributed by atoms with Crippen LogP contribution in [-0.4, -0.2) is 39.2 Å². The van der Waals surface area contributed by atoms with Gasteiger partial charge in [-0.25, -0.2) is 0 Å². The highest BCUT2D eigenvalue weighted by Crippen LogP contribution is 2.38. The minimum absolute atomic E-state index is 0.126. The monoisotopic (exact) mass is 411 g/mol. The van der Waals surface area contributed by atoms with Crippen LogP contribution >= 0.6 is 0 Å². The van der Waals surface area contributed by atoms with Gasteiger partial charge in [0.1, 0.15) is 0 Å². The molecule has 2 aromatic rings. The molecule has 2 aromatic carbocycles. The van der Waals surface area contributed by atoms with E-state index in [1.807, 2.05) is 0 Å². The lowest BCUT2D eigenvalue weighted by molar-refractivity contribution is -0.137. The molecule has 0 aromatic heterocycles. The van der Waals surface area contributed by atoms with Crippen LogP contribution in [-0.2, 0) is 23.9 Å². The number of amides is 1. The molecule has 0 heterocycles. The van der Waals surface area contributed by atoms with Gasteiger partial charge in [0.25, 0.3) is 0 Å². The Morgan fingerprint density at radius 2 is 1.48 bits per heavy atom. The Balaban J connectivity index is 2.00. The highest BCUT2D eigenvalue weighted by atomic mass is 19.4. The summed E-state index contributed by atoms with van der Waals surface area (Å²) >= 11 is 0. The molecule has 0 aliphatic rings. The third-order valence-corrected chi connectivity index (χ3v) is 4.48. The Labute approximate surface area is 168 Å². The first kappa shape index (κ1) is 22.4. The zero-order valence-corrected chi connectivity index (χ0v) is 16.8. The number of methoxy groups -OCH3 is 3. The predicted octanol–water partition coefficient (Wildman–Crippen LogP) is 4.32. The number of benzene rings is 2. The molecule has 5 nitrogen and oxygen atoms in total. The number of carbonyl (C=O) groups excluding carboxylic acids is 1. The van der Waals surface area contributed by atoms with Crippen molar-refractivity contribution in [3.63, 3.8) is 0 Å². The Hall–Kier alpha value is -2.90. The third-order valence-electron chi connectivity index (χ3n) is 4.48. The molecule has 0 radical (unpaired) electrons. The Morgan fingerprint density at radius 1 is 0.931 bits per heavy atom. The Kier molecular flexibility index (Phi) is 7.36. The first-order valence-electron chi connectivity index (χ1n) is 8.88. The molecular weight excluding hydrogens is 387 g/mol. The molecule has 0 unspecified atom stereocenters. The topological polar surface area (TPSA) is 48.0 Å². The molecule has 0 spiro atoms. The van der Waals surface area contributed by atoms with Gasteiger partial charge in [-0.3, -0.25) is 4.79 Å². The fourth-order valence-electron chi connectivity index (χ4n) is 2.88. The highest BCUT2D eigenvalue weighted by molar-refractivity contribution is 5.76. The van der Waals surface area contributed by atoms with E-state index in [4.69, 9.17) is 14.2 Å². The Morgan fingerprint density at radius 3 is 1.93 bits per heavy atom. The van der Waals surface area contributed by atoms with Crippen LogP contribution in [0.2, 0.25) is 0 Å². The van der Waals surface area contributed by atoms with Gasteiger partial charge in [0.05, 0.1) is 26.9 Å². The van der Waals surface area contributed by atoms with Crippen molar-refractivity contribution in [2.24, 2.45) is 0 Å². The second kappa shape index (κ2) is 9.54. The van der Waals surface area contributed by atoms with E-state index in [0.717, 1.165) is 17.7 Å². The van der Waals surface area contributed by atoms with Gasteiger partial charge in [0.15, 0.2) is 11.5 Å². The molecule has 0 N–H and O–H groups in total. The quantitative estimate of drug-likeness (QED) is 0.649. The van der Waals surface area contributed by atoms with Crippen molar-refractivity contribution in [3.8, 4) is 17.2 Å². The van der Waals surface area contributed by atoms with Crippen molar-refractivity contribution in [2.45, 2.75) is 25.6 Å². The predicted molar refractivity (Wildman–Crippen MR) is 102 cm³/mol. The summed E-state index contributed by atoms with van der Waals surface area (Å²) in [5.41, 5.74) is 0.759. The molecule has 0 fully saturated rings. The normalized spacial score (nSPS) is 11.1. The van der Waals surface area contributed by atoms with Crippen LogP contribution in [0.5, 0.6) is 17.2 Å². The van der Waals surface area contributed by atoms with Crippen LogP contribution in [0.4, 0.5) is 13.2 Å². The number of alkyl halides is 3. The molecule has 2 rings (SSSR count). The van der Waals surface area contributed by atoms with Gasteiger partial charge in [-0.05, 0) is 41.8 Å². The summed E-state index contributed by atoms with van der Waals surface area (Å²) in [4.78, 5) is 13.9. The second-order valence-corrected chi connectivity index (χ2v) is 6.48. The van der Waals surface area contributed by atoms with Crippen molar-refractivity contribution < 1.29 is 32.2 Å². The van der Waals surface area contributed by atoms with Crippen LogP contribution in [0, 0.1) is 0 Å². The summed E-state index contributed by atoms with van der Waals surface area (Å²) in [6.45, 7) is 0.228. The number of ether oxygens (including phenoxy) is 3. The molecule has 0 saturated carbocycles. The largest absolute Gasteiger partial charge is 0.493 e. The fourth-order valence-corrected chi connectivity index (χ4v) is 2.88. The lowest BCUT2D eigenvalue weighted by Gasteiger charge is -2.18. The number of carbonyl (C=O) groups is 1. The summed E-state index contributed by atoms with van der Waals surface area (Å²) in [5.74, 6) is 1.36. The standard InChI is InChI=1S/C21H24F3NO4/c1-25(13-14-5-8-16(9-6-14)21(22,23)24)19(26)10-7-15-11-17(27-2)20(29-4)18(12-15)28-3/h5-6,8-9,11-12H,7,10,13H2,1-4H3. The van der Waals surface area contributed by atoms with Crippen molar-refractivity contribution in [2.75, 3.05) is 28.4 Å². The maximum Gasteiger partial charge on any atom is 0.416 e. The van der Waals surface area contributed by atoms with E-state index >= 15 is 0 Å². The molecule has 8 heteroatoms. The van der Waals surface area contributed by atoms with E-state index in [1.165, 1.54) is 38.4 Å². The number of halogens is 3. The molecule has 1 amide bonds. The van der Waals surface area contributed by atoms with Gasteiger partial charge in [0, 0.05) is 20.0 Å². The molecular formula is C21H24F3NO4. The maximum atomic E-state index is 12.6. The van der Waals surface area contributed by atoms with E-state index in [2.05, 4.69) is 0 Å². The van der Waals surface area contributed by atoms with Crippen molar-refractivity contribution >= 4 is 5.91 Å². The molecule has 0 aliphatic carbocycles. The molecule has 0 aliphatic heterocycles. The number of rotatable bonds is 8. The van der Waals surface area contributed by atoms with Crippen LogP contribution < -0.4 is 14.2 Å². The van der Waals surface area contributed by atoms with E-state index in [9.17, 15) is 18.0 Å². The molecule has 158 valence electrons. The van der Waals surface area contributed by atoms with E-state index in [1.54, 1.807) is 19.2 Å². The average Bonchev–Trinajstić information content (AvgIpc) is 2.70. The van der Waals surface area contributed by atoms with E-state index in [-0.39, 0.29) is 18.9 Å². The summed E-state index contributed by atoms with van der Waals surface area (Å²) in [7, 11) is 6.17. The third kappa shape index (κ3) is 5.79. The van der Waals surface area contributed by atoms with Gasteiger partial charge in [-0.2, -0.15) is 13.2 Å². The Bertz CT molecular complexity index is 810. The van der Waals surface area contributed by atoms with Crippen molar-refractivity contribution in [3.05, 3.63) is 53.1 Å². The maximum absolute atomic E-state index is 12.6. The molecule has 0 saturated heterocycles. The van der Waals surface area contributed by atoms with Gasteiger partial charge in [-0.15, -0.1) is 0 Å². The summed E-state index contributed by atoms with van der Waals surface area (Å²) < 4.78 is 53.8. The zero-order valence-electron chi connectivity index (χ0n) is 16.8. The smallest absolute Gasteiger partial charge is 0.416 e. The van der Waals surface area contributed by atoms with E-state index in [0.29, 0.717) is 29.2 Å². The lowest BCUT2D eigenvalue weighted by atomic mass is 10.1. The molecule has 0 bridgehead atoms. The second-order valence-electron chi connectivity index (χ2n) is 6.48. The number of hydrogen-bond acceptors (Lipinski definition) is 4. The summed E-state index contributed by atoms with van der Waals surface area (Å²) in [6.07, 6.45) is -3.69. The van der Waals surface area contributed by atoms with Crippen molar-refractivity contribution in [1.82, 2.24) is 4.90 Å². The first-order chi connectivity index (χ1) is 13.7. The molecule has 29 heavy (non-hydrogen) atoms. The minimum Gasteiger partial charge on any atom is -0.493 e. The van der Waals surface area contributed by atoms with Gasteiger partial charge >= 0.3 is 6.18 Å². The average molecular weight is 411 g/mol. The van der Waals surface area contributed by atoms with Gasteiger partial charge in [-0.1, -0.05) is 12.1 Å². The number of hydrogen-bond donors (Lipinski definition) is 0. The van der Waals surface area contributed by atoms with Crippen LogP contribution in [0.1, 0.15) is 23.1 Å². The van der Waals surface area contributed by atoms with Crippen molar-refractivity contribution in [1.29, 1.82) is 0 Å². The zero-order chi connectivity index (χ0) is 21.6. The first-order valence-corrected chi connectivity index (χ1v) is 8.88.